The summed E-state index contributed by atoms with van der Waals surface area (Å²) >= 11 is 0. The highest BCUT2D eigenvalue weighted by molar-refractivity contribution is 5.76. The Bertz CT molecular complexity index is 2050. The molecule has 0 radical (unpaired) electrons. The Morgan fingerprint density at radius 1 is 0.330 bits per heavy atom. The Balaban J connectivity index is 1.32. The van der Waals surface area contributed by atoms with Crippen molar-refractivity contribution in [2.24, 2.45) is 0 Å². The van der Waals surface area contributed by atoms with E-state index in [-0.39, 0.29) is 18.9 Å². The van der Waals surface area contributed by atoms with Crippen molar-refractivity contribution >= 4 is 5.91 Å². The second kappa shape index (κ2) is 67.5. The molecule has 19 heteroatoms. The summed E-state index contributed by atoms with van der Waals surface area (Å²) in [5.41, 5.74) is 0. The minimum atomic E-state index is -1.98. The summed E-state index contributed by atoms with van der Waals surface area (Å²) in [5.74, 6) is -0.281. The predicted octanol–water partition coefficient (Wildman–Crippen LogP) is 16.2. The molecule has 0 aliphatic carbocycles. The van der Waals surface area contributed by atoms with Crippen LogP contribution in [0.5, 0.6) is 0 Å². The van der Waals surface area contributed by atoms with Gasteiger partial charge in [0.05, 0.1) is 38.6 Å². The van der Waals surface area contributed by atoms with Crippen LogP contribution < -0.4 is 5.32 Å². The van der Waals surface area contributed by atoms with Gasteiger partial charge in [0.15, 0.2) is 18.9 Å². The van der Waals surface area contributed by atoms with Crippen molar-refractivity contribution in [3.05, 3.63) is 36.5 Å². The first kappa shape index (κ1) is 98.2. The summed E-state index contributed by atoms with van der Waals surface area (Å²) in [5, 5.41) is 121. The van der Waals surface area contributed by atoms with Gasteiger partial charge in [0, 0.05) is 6.42 Å². The second-order valence-electron chi connectivity index (χ2n) is 31.7. The number of allylic oxidation sites excluding steroid dienone is 5. The van der Waals surface area contributed by atoms with Crippen LogP contribution in [-0.4, -0.2) is 193 Å². The first-order chi connectivity index (χ1) is 51.8. The van der Waals surface area contributed by atoms with E-state index in [1.807, 2.05) is 6.08 Å². The standard InChI is InChI=1S/C87H163NO18/c1-3-5-7-9-11-13-15-17-19-21-23-25-27-29-30-31-32-33-34-35-36-37-38-39-40-41-43-45-47-49-51-53-55-57-59-61-63-65-75(93)88-70(71(92)64-62-60-58-56-54-52-50-48-46-44-42-28-26-24-22-20-18-16-14-12-10-8-6-4-2)69-101-85-81(99)78(96)83(73(67-90)103-85)106-87-82(100)79(97)84(74(68-91)104-87)105-86-80(98)77(95)76(94)72(66-89)102-86/h46,48,54,56,62,64,70-74,76-87,89-92,94-100H,3-45,47,49-53,55,57-61,63,65-69H2,1-2H3,(H,88,93)/b48-46+,56-54+,64-62+. The number of aliphatic hydroxyl groups is 11. The first-order valence-electron chi connectivity index (χ1n) is 44.2. The van der Waals surface area contributed by atoms with Crippen molar-refractivity contribution in [1.82, 2.24) is 5.32 Å². The zero-order chi connectivity index (χ0) is 76.7. The van der Waals surface area contributed by atoms with Crippen LogP contribution in [0.1, 0.15) is 380 Å². The summed E-state index contributed by atoms with van der Waals surface area (Å²) in [6.45, 7) is 1.77. The number of nitrogens with one attached hydrogen (secondary N) is 1. The molecule has 3 saturated heterocycles. The van der Waals surface area contributed by atoms with Gasteiger partial charge in [-0.2, -0.15) is 0 Å². The molecule has 1 amide bonds. The lowest BCUT2D eigenvalue weighted by Crippen LogP contribution is -2.66. The van der Waals surface area contributed by atoms with Gasteiger partial charge in [-0.3, -0.25) is 4.79 Å². The van der Waals surface area contributed by atoms with Gasteiger partial charge >= 0.3 is 0 Å². The number of unbranched alkanes of at least 4 members (excludes halogenated alkanes) is 52. The molecule has 0 aromatic carbocycles. The quantitative estimate of drug-likeness (QED) is 0.0199. The fourth-order valence-electron chi connectivity index (χ4n) is 15.1. The largest absolute Gasteiger partial charge is 0.394 e. The van der Waals surface area contributed by atoms with Crippen molar-refractivity contribution in [1.29, 1.82) is 0 Å². The van der Waals surface area contributed by atoms with Gasteiger partial charge in [-0.1, -0.05) is 365 Å². The Hall–Kier alpha value is -1.99. The van der Waals surface area contributed by atoms with Crippen molar-refractivity contribution in [3.63, 3.8) is 0 Å². The molecule has 17 atom stereocenters. The van der Waals surface area contributed by atoms with E-state index in [4.69, 9.17) is 28.4 Å². The topological polar surface area (TPSA) is 307 Å². The van der Waals surface area contributed by atoms with E-state index in [1.165, 1.54) is 302 Å². The van der Waals surface area contributed by atoms with E-state index in [0.717, 1.165) is 44.9 Å². The van der Waals surface area contributed by atoms with Crippen LogP contribution in [0, 0.1) is 0 Å². The van der Waals surface area contributed by atoms with Gasteiger partial charge in [-0.25, -0.2) is 0 Å². The minimum Gasteiger partial charge on any atom is -0.394 e. The maximum absolute atomic E-state index is 13.5. The molecule has 106 heavy (non-hydrogen) atoms. The number of carbonyl (C=O) groups excluding carboxylic acids is 1. The highest BCUT2D eigenvalue weighted by Gasteiger charge is 2.54. The van der Waals surface area contributed by atoms with Crippen LogP contribution in [0.25, 0.3) is 0 Å². The van der Waals surface area contributed by atoms with Crippen LogP contribution in [-0.2, 0) is 33.2 Å². The first-order valence-corrected chi connectivity index (χ1v) is 44.2. The molecule has 624 valence electrons. The van der Waals surface area contributed by atoms with Gasteiger partial charge in [0.25, 0.3) is 0 Å². The summed E-state index contributed by atoms with van der Waals surface area (Å²) in [7, 11) is 0. The number of carbonyl (C=O) groups is 1. The number of hydrogen-bond acceptors (Lipinski definition) is 18. The maximum Gasteiger partial charge on any atom is 0.220 e. The van der Waals surface area contributed by atoms with Crippen molar-refractivity contribution in [2.45, 2.75) is 484 Å². The molecule has 12 N–H and O–H groups in total. The highest BCUT2D eigenvalue weighted by Crippen LogP contribution is 2.34. The van der Waals surface area contributed by atoms with E-state index < -0.39 is 124 Å². The third-order valence-corrected chi connectivity index (χ3v) is 22.2. The highest BCUT2D eigenvalue weighted by atomic mass is 16.8. The molecule has 0 bridgehead atoms. The molecule has 3 heterocycles. The molecule has 19 nitrogen and oxygen atoms in total. The van der Waals surface area contributed by atoms with Crippen LogP contribution in [0.2, 0.25) is 0 Å². The number of ether oxygens (including phenoxy) is 6. The summed E-state index contributed by atoms with van der Waals surface area (Å²) in [6.07, 6.45) is 58.9. The Morgan fingerprint density at radius 3 is 0.943 bits per heavy atom. The van der Waals surface area contributed by atoms with Crippen LogP contribution in [0.3, 0.4) is 0 Å². The van der Waals surface area contributed by atoms with Gasteiger partial charge in [-0.15, -0.1) is 0 Å². The van der Waals surface area contributed by atoms with Crippen LogP contribution in [0.4, 0.5) is 0 Å². The third-order valence-electron chi connectivity index (χ3n) is 22.2. The van der Waals surface area contributed by atoms with Gasteiger partial charge in [-0.05, 0) is 44.9 Å². The molecule has 0 aromatic heterocycles. The molecule has 3 aliphatic rings. The molecule has 3 aliphatic heterocycles. The summed E-state index contributed by atoms with van der Waals surface area (Å²) in [4.78, 5) is 13.5. The van der Waals surface area contributed by atoms with Crippen molar-refractivity contribution in [3.8, 4) is 0 Å². The minimum absolute atomic E-state index is 0.237. The molecule has 0 spiro atoms. The lowest BCUT2D eigenvalue weighted by atomic mass is 9.96. The normalized spacial score (nSPS) is 25.8. The number of rotatable bonds is 72. The molecule has 17 unspecified atom stereocenters. The zero-order valence-electron chi connectivity index (χ0n) is 67.2. The van der Waals surface area contributed by atoms with Crippen LogP contribution in [0.15, 0.2) is 36.5 Å². The lowest BCUT2D eigenvalue weighted by Gasteiger charge is -2.48. The average Bonchev–Trinajstić information content (AvgIpc) is 0.781. The summed E-state index contributed by atoms with van der Waals surface area (Å²) < 4.78 is 34.5. The zero-order valence-corrected chi connectivity index (χ0v) is 67.2. The SMILES string of the molecule is CCCCCCCCCCCCCCCC/C=C/CC/C=C/CC/C=C/C(O)C(COC1OC(CO)C(OC2OC(CO)C(OC3OC(CO)C(O)C(O)C3O)C(O)C2O)C(O)C1O)NC(=O)CCCCCCCCCCCCCCCCCCCCCCCCCCCCCCCCCCCCCCC. The third kappa shape index (κ3) is 46.3. The van der Waals surface area contributed by atoms with Crippen LogP contribution >= 0.6 is 0 Å². The fraction of sp³-hybridized carbons (Fsp3) is 0.920. The Kier molecular flexibility index (Phi) is 62.5. The van der Waals surface area contributed by atoms with E-state index in [9.17, 15) is 61.0 Å². The van der Waals surface area contributed by atoms with Gasteiger partial charge in [0.2, 0.25) is 5.91 Å². The number of hydrogen-bond donors (Lipinski definition) is 12. The second-order valence-corrected chi connectivity index (χ2v) is 31.7. The molecule has 0 aromatic rings. The Labute approximate surface area is 644 Å². The lowest BCUT2D eigenvalue weighted by molar-refractivity contribution is -0.379. The van der Waals surface area contributed by atoms with E-state index >= 15 is 0 Å². The number of aliphatic hydroxyl groups excluding tert-OH is 11. The monoisotopic (exact) mass is 1510 g/mol. The molecule has 0 saturated carbocycles. The van der Waals surface area contributed by atoms with Crippen molar-refractivity contribution < 1.29 is 89.4 Å². The van der Waals surface area contributed by atoms with Gasteiger partial charge in [0.1, 0.15) is 73.2 Å². The number of amides is 1. The molecule has 3 rings (SSSR count). The molecule has 3 fully saturated rings. The van der Waals surface area contributed by atoms with Crippen molar-refractivity contribution in [2.75, 3.05) is 26.4 Å². The van der Waals surface area contributed by atoms with E-state index in [0.29, 0.717) is 12.8 Å². The van der Waals surface area contributed by atoms with E-state index in [1.54, 1.807) is 6.08 Å². The fourth-order valence-corrected chi connectivity index (χ4v) is 15.1. The van der Waals surface area contributed by atoms with Gasteiger partial charge < -0.3 is 89.9 Å². The molecular weight excluding hydrogens is 1350 g/mol. The van der Waals surface area contributed by atoms with E-state index in [2.05, 4.69) is 43.5 Å². The predicted molar refractivity (Wildman–Crippen MR) is 425 cm³/mol. The Morgan fingerprint density at radius 2 is 0.604 bits per heavy atom. The summed E-state index contributed by atoms with van der Waals surface area (Å²) in [6, 6.07) is -0.996. The average molecular weight is 1510 g/mol. The maximum atomic E-state index is 13.5. The molecular formula is C87H163NO18. The smallest absolute Gasteiger partial charge is 0.220 e.